The van der Waals surface area contributed by atoms with Crippen molar-refractivity contribution in [2.24, 2.45) is 0 Å². The Hall–Kier alpha value is -3.69. The van der Waals surface area contributed by atoms with Gasteiger partial charge in [0.25, 0.3) is 0 Å². The van der Waals surface area contributed by atoms with Crippen LogP contribution in [0.15, 0.2) is 36.8 Å². The number of β-lactam (4-membered cyclic amide) rings is 1. The van der Waals surface area contributed by atoms with Crippen molar-refractivity contribution in [3.05, 3.63) is 42.6 Å². The van der Waals surface area contributed by atoms with Crippen LogP contribution in [0.5, 0.6) is 0 Å². The second-order valence-electron chi connectivity index (χ2n) is 10.0. The average molecular weight is 481 g/mol. The van der Waals surface area contributed by atoms with E-state index < -0.39 is 5.60 Å². The highest BCUT2D eigenvalue weighted by Crippen LogP contribution is 2.39. The molecule has 35 heavy (non-hydrogen) atoms. The van der Waals surface area contributed by atoms with Gasteiger partial charge in [0, 0.05) is 50.5 Å². The summed E-state index contributed by atoms with van der Waals surface area (Å²) in [6.45, 7) is 9.69. The first-order valence-electron chi connectivity index (χ1n) is 11.8. The molecule has 2 amide bonds. The molecule has 10 heteroatoms. The fourth-order valence-corrected chi connectivity index (χ4v) is 4.61. The van der Waals surface area contributed by atoms with Crippen LogP contribution in [0.2, 0.25) is 0 Å². The maximum atomic E-state index is 14.0. The monoisotopic (exact) mass is 480 g/mol. The molecule has 2 fully saturated rings. The number of carbonyl (C=O) groups is 2. The van der Waals surface area contributed by atoms with Crippen LogP contribution in [0.4, 0.5) is 20.7 Å². The molecule has 0 aliphatic carbocycles. The number of anilines is 2. The molecule has 5 rings (SSSR count). The minimum absolute atomic E-state index is 0.0286. The van der Waals surface area contributed by atoms with E-state index in [-0.39, 0.29) is 23.9 Å². The number of hydrogen-bond acceptors (Lipinski definition) is 6. The summed E-state index contributed by atoms with van der Waals surface area (Å²) >= 11 is 0. The largest absolute Gasteiger partial charge is 0.444 e. The van der Waals surface area contributed by atoms with Crippen LogP contribution in [0.25, 0.3) is 16.7 Å². The predicted molar refractivity (Wildman–Crippen MR) is 130 cm³/mol. The van der Waals surface area contributed by atoms with Crippen molar-refractivity contribution < 1.29 is 18.7 Å². The molecule has 184 valence electrons. The number of piperazine rings is 1. The first kappa shape index (κ1) is 23.1. The Balaban J connectivity index is 1.54. The number of benzene rings is 1. The Morgan fingerprint density at radius 3 is 2.60 bits per heavy atom. The summed E-state index contributed by atoms with van der Waals surface area (Å²) in [5.74, 6) is 0.365. The Bertz CT molecular complexity index is 1300. The van der Waals surface area contributed by atoms with E-state index in [9.17, 15) is 14.0 Å². The van der Waals surface area contributed by atoms with Gasteiger partial charge < -0.3 is 19.4 Å². The van der Waals surface area contributed by atoms with Gasteiger partial charge in [0.2, 0.25) is 5.91 Å². The Morgan fingerprint density at radius 2 is 1.97 bits per heavy atom. The third kappa shape index (κ3) is 4.28. The molecule has 1 aromatic carbocycles. The number of aromatic nitrogens is 3. The minimum Gasteiger partial charge on any atom is -0.444 e. The van der Waals surface area contributed by atoms with Gasteiger partial charge in [0.05, 0.1) is 11.1 Å². The van der Waals surface area contributed by atoms with Gasteiger partial charge in [-0.05, 0) is 45.9 Å². The zero-order valence-corrected chi connectivity index (χ0v) is 20.4. The molecule has 0 unspecified atom stereocenters. The molecule has 0 spiro atoms. The average Bonchev–Trinajstić information content (AvgIpc) is 3.16. The van der Waals surface area contributed by atoms with Gasteiger partial charge in [-0.1, -0.05) is 6.07 Å². The predicted octanol–water partition coefficient (Wildman–Crippen LogP) is 3.74. The fraction of sp³-hybridized carbons (Fsp3) is 0.440. The SMILES string of the molecule is C[C@H]1CN(C(=O)OC(C)(C)C)CCN1c1ncnc2c1c(N1CCC1=O)cn2-c1cccc(F)c1. The lowest BCUT2D eigenvalue weighted by molar-refractivity contribution is -0.122. The number of carbonyl (C=O) groups excluding carboxylic acids is 2. The molecule has 3 aromatic rings. The van der Waals surface area contributed by atoms with Gasteiger partial charge in [-0.2, -0.15) is 0 Å². The van der Waals surface area contributed by atoms with Gasteiger partial charge in [0.1, 0.15) is 23.6 Å². The minimum atomic E-state index is -0.561. The molecule has 9 nitrogen and oxygen atoms in total. The van der Waals surface area contributed by atoms with Gasteiger partial charge in [-0.25, -0.2) is 19.2 Å². The van der Waals surface area contributed by atoms with Crippen LogP contribution in [-0.2, 0) is 9.53 Å². The normalized spacial score (nSPS) is 18.7. The van der Waals surface area contributed by atoms with Crippen LogP contribution in [0.3, 0.4) is 0 Å². The van der Waals surface area contributed by atoms with Crippen molar-refractivity contribution in [3.63, 3.8) is 0 Å². The summed E-state index contributed by atoms with van der Waals surface area (Å²) in [5.41, 5.74) is 1.35. The summed E-state index contributed by atoms with van der Waals surface area (Å²) in [6, 6.07) is 6.22. The molecule has 0 radical (unpaired) electrons. The van der Waals surface area contributed by atoms with Crippen LogP contribution in [0, 0.1) is 5.82 Å². The Labute approximate surface area is 203 Å². The van der Waals surface area contributed by atoms with Gasteiger partial charge in [-0.15, -0.1) is 0 Å². The molecule has 2 aromatic heterocycles. The second kappa shape index (κ2) is 8.51. The molecule has 1 atom stereocenters. The van der Waals surface area contributed by atoms with Gasteiger partial charge in [-0.3, -0.25) is 9.36 Å². The van der Waals surface area contributed by atoms with Gasteiger partial charge in [0.15, 0.2) is 5.65 Å². The summed E-state index contributed by atoms with van der Waals surface area (Å²) in [4.78, 5) is 39.7. The zero-order valence-electron chi connectivity index (χ0n) is 20.4. The van der Waals surface area contributed by atoms with E-state index in [0.717, 1.165) is 5.39 Å². The zero-order chi connectivity index (χ0) is 24.9. The molecule has 4 heterocycles. The first-order chi connectivity index (χ1) is 16.6. The first-order valence-corrected chi connectivity index (χ1v) is 11.8. The lowest BCUT2D eigenvalue weighted by Gasteiger charge is -2.41. The van der Waals surface area contributed by atoms with E-state index in [1.807, 2.05) is 33.9 Å². The van der Waals surface area contributed by atoms with E-state index >= 15 is 0 Å². The number of fused-ring (bicyclic) bond motifs is 1. The molecular formula is C25H29FN6O3. The highest BCUT2D eigenvalue weighted by Gasteiger charge is 2.35. The van der Waals surface area contributed by atoms with E-state index in [1.165, 1.54) is 18.5 Å². The Kier molecular flexibility index (Phi) is 5.61. The highest BCUT2D eigenvalue weighted by atomic mass is 19.1. The summed E-state index contributed by atoms with van der Waals surface area (Å²) in [6.07, 6.45) is 3.47. The van der Waals surface area contributed by atoms with E-state index in [2.05, 4.69) is 14.9 Å². The van der Waals surface area contributed by atoms with E-state index in [0.29, 0.717) is 55.4 Å². The summed E-state index contributed by atoms with van der Waals surface area (Å²) < 4.78 is 21.4. The Morgan fingerprint density at radius 1 is 1.17 bits per heavy atom. The maximum absolute atomic E-state index is 14.0. The molecule has 2 aliphatic rings. The molecule has 2 saturated heterocycles. The molecule has 0 N–H and O–H groups in total. The standard InChI is InChI=1S/C25H29FN6O3/c1-16-13-29(24(34)35-25(2,3)4)10-11-30(16)22-21-19(31-9-8-20(31)33)14-32(23(21)28-15-27-22)18-7-5-6-17(26)12-18/h5-7,12,14-16H,8-11,13H2,1-4H3/t16-/m0/s1. The van der Waals surface area contributed by atoms with Crippen LogP contribution < -0.4 is 9.80 Å². The molecule has 0 bridgehead atoms. The van der Waals surface area contributed by atoms with Gasteiger partial charge >= 0.3 is 6.09 Å². The maximum Gasteiger partial charge on any atom is 0.410 e. The van der Waals surface area contributed by atoms with Crippen LogP contribution >= 0.6 is 0 Å². The smallest absolute Gasteiger partial charge is 0.410 e. The van der Waals surface area contributed by atoms with Crippen molar-refractivity contribution in [2.45, 2.75) is 45.8 Å². The number of rotatable bonds is 3. The van der Waals surface area contributed by atoms with Crippen molar-refractivity contribution in [1.82, 2.24) is 19.4 Å². The summed E-state index contributed by atoms with van der Waals surface area (Å²) in [7, 11) is 0. The van der Waals surface area contributed by atoms with Crippen molar-refractivity contribution in [2.75, 3.05) is 36.0 Å². The number of hydrogen-bond donors (Lipinski definition) is 0. The van der Waals surface area contributed by atoms with Crippen molar-refractivity contribution in [3.8, 4) is 5.69 Å². The quantitative estimate of drug-likeness (QED) is 0.531. The highest BCUT2D eigenvalue weighted by molar-refractivity contribution is 6.10. The number of halogens is 1. The number of ether oxygens (including phenoxy) is 1. The van der Waals surface area contributed by atoms with Crippen molar-refractivity contribution in [1.29, 1.82) is 0 Å². The number of amides is 2. The third-order valence-electron chi connectivity index (χ3n) is 6.32. The summed E-state index contributed by atoms with van der Waals surface area (Å²) in [5, 5.41) is 0.738. The number of nitrogens with zero attached hydrogens (tertiary/aromatic N) is 6. The topological polar surface area (TPSA) is 83.8 Å². The van der Waals surface area contributed by atoms with Crippen LogP contribution in [0.1, 0.15) is 34.1 Å². The molecular weight excluding hydrogens is 451 g/mol. The van der Waals surface area contributed by atoms with E-state index in [1.54, 1.807) is 26.5 Å². The van der Waals surface area contributed by atoms with E-state index in [4.69, 9.17) is 4.74 Å². The molecule has 2 aliphatic heterocycles. The fourth-order valence-electron chi connectivity index (χ4n) is 4.61. The lowest BCUT2D eigenvalue weighted by atomic mass is 10.1. The van der Waals surface area contributed by atoms with Crippen LogP contribution in [-0.4, -0.2) is 69.3 Å². The second-order valence-corrected chi connectivity index (χ2v) is 10.0. The lowest BCUT2D eigenvalue weighted by Crippen LogP contribution is -2.55. The van der Waals surface area contributed by atoms with Crippen molar-refractivity contribution >= 4 is 34.5 Å². The molecule has 0 saturated carbocycles. The third-order valence-corrected chi connectivity index (χ3v) is 6.32.